The molecular weight excluding hydrogens is 362 g/mol. The first-order valence-corrected chi connectivity index (χ1v) is 8.76. The number of ether oxygens (including phenoxy) is 3. The molecule has 0 aromatic heterocycles. The number of carbonyl (C=O) groups excluding carboxylic acids is 2. The summed E-state index contributed by atoms with van der Waals surface area (Å²) >= 11 is 6.22. The molecule has 0 aromatic rings. The third-order valence-electron chi connectivity index (χ3n) is 3.86. The lowest BCUT2D eigenvalue weighted by Gasteiger charge is -2.40. The molecule has 0 aromatic carbocycles. The highest BCUT2D eigenvalue weighted by Crippen LogP contribution is 2.27. The first kappa shape index (κ1) is 20.4. The Morgan fingerprint density at radius 3 is 2.73 bits per heavy atom. The molecular formula is C17H26ClN3O5. The molecule has 1 atom stereocenters. The molecule has 2 aliphatic heterocycles. The SMILES string of the molecule is COC(=O)C1=C(N2CCOCC2CC(=O)OC(C)(C)C)C=C(Cl)N(C)N1. The fourth-order valence-electron chi connectivity index (χ4n) is 2.76. The van der Waals surface area contributed by atoms with E-state index in [1.165, 1.54) is 12.1 Å². The van der Waals surface area contributed by atoms with Gasteiger partial charge in [-0.3, -0.25) is 15.2 Å². The van der Waals surface area contributed by atoms with Gasteiger partial charge in [-0.1, -0.05) is 11.6 Å². The van der Waals surface area contributed by atoms with Crippen LogP contribution in [0.25, 0.3) is 0 Å². The van der Waals surface area contributed by atoms with E-state index in [2.05, 4.69) is 5.43 Å². The molecule has 0 saturated carbocycles. The smallest absolute Gasteiger partial charge is 0.358 e. The number of hydrazine groups is 1. The summed E-state index contributed by atoms with van der Waals surface area (Å²) in [4.78, 5) is 26.4. The van der Waals surface area contributed by atoms with Crippen LogP contribution in [0.2, 0.25) is 0 Å². The zero-order chi connectivity index (χ0) is 19.5. The van der Waals surface area contributed by atoms with Gasteiger partial charge in [0.25, 0.3) is 0 Å². The Hall–Kier alpha value is -1.93. The van der Waals surface area contributed by atoms with Crippen molar-refractivity contribution in [1.29, 1.82) is 0 Å². The van der Waals surface area contributed by atoms with Gasteiger partial charge in [0.15, 0.2) is 5.70 Å². The minimum absolute atomic E-state index is 0.135. The van der Waals surface area contributed by atoms with E-state index in [1.807, 2.05) is 25.7 Å². The van der Waals surface area contributed by atoms with Crippen molar-refractivity contribution >= 4 is 23.5 Å². The number of methoxy groups -OCH3 is 1. The number of hydrogen-bond donors (Lipinski definition) is 1. The van der Waals surface area contributed by atoms with E-state index in [-0.39, 0.29) is 24.1 Å². The molecule has 8 nitrogen and oxygen atoms in total. The van der Waals surface area contributed by atoms with Crippen molar-refractivity contribution in [3.05, 3.63) is 22.6 Å². The van der Waals surface area contributed by atoms with Crippen LogP contribution in [0.3, 0.4) is 0 Å². The fraction of sp³-hybridized carbons (Fsp3) is 0.647. The molecule has 0 radical (unpaired) electrons. The lowest BCUT2D eigenvalue weighted by molar-refractivity contribution is -0.157. The number of rotatable bonds is 4. The van der Waals surface area contributed by atoms with E-state index >= 15 is 0 Å². The molecule has 1 unspecified atom stereocenters. The number of allylic oxidation sites excluding steroid dienone is 1. The summed E-state index contributed by atoms with van der Waals surface area (Å²) in [6.45, 7) is 6.79. The molecule has 9 heteroatoms. The molecule has 1 N–H and O–H groups in total. The van der Waals surface area contributed by atoms with Crippen molar-refractivity contribution in [1.82, 2.24) is 15.3 Å². The van der Waals surface area contributed by atoms with Crippen molar-refractivity contribution in [2.24, 2.45) is 0 Å². The Labute approximate surface area is 158 Å². The number of nitrogens with zero attached hydrogens (tertiary/aromatic N) is 2. The van der Waals surface area contributed by atoms with Crippen LogP contribution in [0.1, 0.15) is 27.2 Å². The van der Waals surface area contributed by atoms with Crippen LogP contribution in [0.5, 0.6) is 0 Å². The maximum atomic E-state index is 12.3. The molecule has 146 valence electrons. The molecule has 0 spiro atoms. The van der Waals surface area contributed by atoms with E-state index < -0.39 is 11.6 Å². The Bertz CT molecular complexity index is 626. The van der Waals surface area contributed by atoms with Gasteiger partial charge in [0.2, 0.25) is 0 Å². The van der Waals surface area contributed by atoms with Crippen LogP contribution < -0.4 is 5.43 Å². The van der Waals surface area contributed by atoms with Crippen molar-refractivity contribution in [2.75, 3.05) is 33.9 Å². The average Bonchev–Trinajstić information content (AvgIpc) is 2.55. The second-order valence-corrected chi connectivity index (χ2v) is 7.49. The number of carbonyl (C=O) groups is 2. The van der Waals surface area contributed by atoms with E-state index in [0.717, 1.165) is 0 Å². The van der Waals surface area contributed by atoms with Gasteiger partial charge in [-0.2, -0.15) is 0 Å². The molecule has 1 saturated heterocycles. The molecule has 2 aliphatic rings. The van der Waals surface area contributed by atoms with E-state index in [1.54, 1.807) is 13.1 Å². The van der Waals surface area contributed by atoms with E-state index in [9.17, 15) is 9.59 Å². The van der Waals surface area contributed by atoms with Crippen molar-refractivity contribution in [2.45, 2.75) is 38.8 Å². The predicted octanol–water partition coefficient (Wildman–Crippen LogP) is 1.33. The summed E-state index contributed by atoms with van der Waals surface area (Å²) in [6, 6.07) is -0.279. The van der Waals surface area contributed by atoms with E-state index in [0.29, 0.717) is 30.6 Å². The zero-order valence-electron chi connectivity index (χ0n) is 15.8. The fourth-order valence-corrected chi connectivity index (χ4v) is 2.90. The van der Waals surface area contributed by atoms with Crippen LogP contribution >= 0.6 is 11.6 Å². The van der Waals surface area contributed by atoms with Gasteiger partial charge in [0, 0.05) is 19.7 Å². The van der Waals surface area contributed by atoms with Gasteiger partial charge in [0.1, 0.15) is 10.8 Å². The number of halogens is 1. The molecule has 0 aliphatic carbocycles. The average molecular weight is 388 g/mol. The lowest BCUT2D eigenvalue weighted by atomic mass is 10.1. The standard InChI is InChI=1S/C17H26ClN3O5/c1-17(2,3)26-14(22)8-11-10-25-7-6-21(11)12-9-13(18)20(4)19-15(12)16(23)24-5/h9,11,19H,6-8,10H2,1-5H3. The molecule has 1 fully saturated rings. The van der Waals surface area contributed by atoms with Crippen LogP contribution in [0, 0.1) is 0 Å². The Morgan fingerprint density at radius 1 is 1.42 bits per heavy atom. The van der Waals surface area contributed by atoms with Gasteiger partial charge in [-0.05, 0) is 20.8 Å². The van der Waals surface area contributed by atoms with Crippen LogP contribution in [-0.2, 0) is 23.8 Å². The van der Waals surface area contributed by atoms with Gasteiger partial charge in [0.05, 0.1) is 38.5 Å². The minimum atomic E-state index is -0.563. The number of hydrogen-bond acceptors (Lipinski definition) is 8. The molecule has 0 amide bonds. The number of esters is 2. The Kier molecular flexibility index (Phi) is 6.41. The zero-order valence-corrected chi connectivity index (χ0v) is 16.6. The maximum absolute atomic E-state index is 12.3. The minimum Gasteiger partial charge on any atom is -0.464 e. The summed E-state index contributed by atoms with van der Waals surface area (Å²) in [5.41, 5.74) is 3.18. The molecule has 2 rings (SSSR count). The molecule has 26 heavy (non-hydrogen) atoms. The second kappa shape index (κ2) is 8.18. The first-order chi connectivity index (χ1) is 12.1. The Balaban J connectivity index is 2.28. The first-order valence-electron chi connectivity index (χ1n) is 8.39. The normalized spacial score (nSPS) is 21.2. The number of morpholine rings is 1. The van der Waals surface area contributed by atoms with Crippen molar-refractivity contribution in [3.63, 3.8) is 0 Å². The third kappa shape index (κ3) is 5.04. The van der Waals surface area contributed by atoms with E-state index in [4.69, 9.17) is 25.8 Å². The summed E-state index contributed by atoms with van der Waals surface area (Å²) in [5, 5.41) is 1.93. The van der Waals surface area contributed by atoms with Gasteiger partial charge in [-0.15, -0.1) is 0 Å². The van der Waals surface area contributed by atoms with Crippen molar-refractivity contribution < 1.29 is 23.8 Å². The van der Waals surface area contributed by atoms with Gasteiger partial charge in [-0.25, -0.2) is 4.79 Å². The van der Waals surface area contributed by atoms with Gasteiger partial charge >= 0.3 is 11.9 Å². The maximum Gasteiger partial charge on any atom is 0.358 e. The van der Waals surface area contributed by atoms with Crippen LogP contribution in [-0.4, -0.2) is 67.4 Å². The van der Waals surface area contributed by atoms with Crippen LogP contribution in [0.4, 0.5) is 0 Å². The quantitative estimate of drug-likeness (QED) is 0.571. The largest absolute Gasteiger partial charge is 0.464 e. The molecule has 2 heterocycles. The summed E-state index contributed by atoms with van der Waals surface area (Å²) < 4.78 is 15.8. The second-order valence-electron chi connectivity index (χ2n) is 7.10. The summed E-state index contributed by atoms with van der Waals surface area (Å²) in [6.07, 6.45) is 1.81. The highest BCUT2D eigenvalue weighted by molar-refractivity contribution is 6.29. The highest BCUT2D eigenvalue weighted by atomic mass is 35.5. The molecule has 0 bridgehead atoms. The number of nitrogens with one attached hydrogen (secondary N) is 1. The summed E-state index contributed by atoms with van der Waals surface area (Å²) in [5.74, 6) is -0.844. The predicted molar refractivity (Wildman–Crippen MR) is 95.7 cm³/mol. The Morgan fingerprint density at radius 2 is 2.12 bits per heavy atom. The van der Waals surface area contributed by atoms with Gasteiger partial charge < -0.3 is 19.1 Å². The van der Waals surface area contributed by atoms with Crippen LogP contribution in [0.15, 0.2) is 22.6 Å². The monoisotopic (exact) mass is 387 g/mol. The summed E-state index contributed by atoms with van der Waals surface area (Å²) in [7, 11) is 3.00. The lowest BCUT2D eigenvalue weighted by Crippen LogP contribution is -2.49. The third-order valence-corrected chi connectivity index (χ3v) is 4.22. The highest BCUT2D eigenvalue weighted by Gasteiger charge is 2.33. The van der Waals surface area contributed by atoms with Crippen molar-refractivity contribution in [3.8, 4) is 0 Å². The topological polar surface area (TPSA) is 80.3 Å².